The molecule has 0 unspecified atom stereocenters. The summed E-state index contributed by atoms with van der Waals surface area (Å²) < 4.78 is 6.71. The van der Waals surface area contributed by atoms with Crippen LogP contribution in [0.3, 0.4) is 0 Å². The average Bonchev–Trinajstić information content (AvgIpc) is 2.59. The van der Waals surface area contributed by atoms with Crippen LogP contribution in [0.5, 0.6) is 5.88 Å². The molecule has 1 fully saturated rings. The molecule has 4 nitrogen and oxygen atoms in total. The smallest absolute Gasteiger partial charge is 0.253 e. The van der Waals surface area contributed by atoms with E-state index in [2.05, 4.69) is 26.2 Å². The Hall–Kier alpha value is -1.59. The Kier molecular flexibility index (Phi) is 5.74. The minimum atomic E-state index is -0.129. The lowest BCUT2D eigenvalue weighted by Gasteiger charge is -2.29. The fraction of sp³-hybridized carbons (Fsp3) is 0.333. The van der Waals surface area contributed by atoms with Crippen molar-refractivity contribution in [3.05, 3.63) is 57.7 Å². The number of amides is 1. The number of hydrogen-bond donors (Lipinski definition) is 1. The minimum Gasteiger partial charge on any atom is -0.474 e. The highest BCUT2D eigenvalue weighted by atomic mass is 79.9. The Labute approximate surface area is 154 Å². The second-order valence-corrected chi connectivity index (χ2v) is 7.18. The number of aromatic nitrogens is 1. The van der Waals surface area contributed by atoms with Crippen LogP contribution in [0.4, 0.5) is 0 Å². The lowest BCUT2D eigenvalue weighted by molar-refractivity contribution is 0.0890. The lowest BCUT2D eigenvalue weighted by atomic mass is 9.92. The zero-order valence-electron chi connectivity index (χ0n) is 13.0. The van der Waals surface area contributed by atoms with E-state index in [0.29, 0.717) is 16.5 Å². The maximum atomic E-state index is 12.4. The highest BCUT2D eigenvalue weighted by Crippen LogP contribution is 2.25. The fourth-order valence-electron chi connectivity index (χ4n) is 2.85. The largest absolute Gasteiger partial charge is 0.474 e. The number of ether oxygens (including phenoxy) is 1. The molecule has 0 radical (unpaired) electrons. The van der Waals surface area contributed by atoms with Crippen LogP contribution in [0, 0.1) is 0 Å². The van der Waals surface area contributed by atoms with Crippen LogP contribution < -0.4 is 10.1 Å². The zero-order chi connectivity index (χ0) is 16.9. The fourth-order valence-corrected chi connectivity index (χ4v) is 3.41. The summed E-state index contributed by atoms with van der Waals surface area (Å²) in [5.74, 6) is 0.529. The standard InChI is InChI=1S/C18H18BrClN2O2/c19-12-4-9-16(20)15(11-12)18(23)22-13-5-7-14(8-6-13)24-17-3-1-2-10-21-17/h1-4,9-11,13-14H,5-8H2,(H,22,23). The van der Waals surface area contributed by atoms with E-state index in [1.165, 1.54) is 0 Å². The predicted molar refractivity (Wildman–Crippen MR) is 97.5 cm³/mol. The summed E-state index contributed by atoms with van der Waals surface area (Å²) >= 11 is 9.48. The van der Waals surface area contributed by atoms with Crippen molar-refractivity contribution in [3.8, 4) is 5.88 Å². The Bertz CT molecular complexity index is 703. The number of carbonyl (C=O) groups excluding carboxylic acids is 1. The third-order valence-electron chi connectivity index (χ3n) is 4.11. The number of hydrogen-bond acceptors (Lipinski definition) is 3. The maximum absolute atomic E-state index is 12.4. The molecule has 0 spiro atoms. The topological polar surface area (TPSA) is 51.2 Å². The molecule has 1 aromatic heterocycles. The van der Waals surface area contributed by atoms with Gasteiger partial charge in [0.1, 0.15) is 6.10 Å². The molecule has 24 heavy (non-hydrogen) atoms. The molecule has 1 saturated carbocycles. The van der Waals surface area contributed by atoms with Gasteiger partial charge in [0.25, 0.3) is 5.91 Å². The quantitative estimate of drug-likeness (QED) is 0.802. The van der Waals surface area contributed by atoms with Gasteiger partial charge in [-0.2, -0.15) is 0 Å². The lowest BCUT2D eigenvalue weighted by Crippen LogP contribution is -2.39. The number of nitrogens with zero attached hydrogens (tertiary/aromatic N) is 1. The van der Waals surface area contributed by atoms with Gasteiger partial charge in [-0.25, -0.2) is 4.98 Å². The third kappa shape index (κ3) is 4.48. The van der Waals surface area contributed by atoms with Gasteiger partial charge in [-0.1, -0.05) is 33.6 Å². The van der Waals surface area contributed by atoms with Crippen molar-refractivity contribution in [1.29, 1.82) is 0 Å². The second kappa shape index (κ2) is 7.99. The van der Waals surface area contributed by atoms with Crippen molar-refractivity contribution in [2.45, 2.75) is 37.8 Å². The van der Waals surface area contributed by atoms with Crippen molar-refractivity contribution in [2.75, 3.05) is 0 Å². The molecule has 126 valence electrons. The van der Waals surface area contributed by atoms with Crippen LogP contribution in [0.15, 0.2) is 47.1 Å². The molecule has 3 rings (SSSR count). The van der Waals surface area contributed by atoms with E-state index in [9.17, 15) is 4.79 Å². The van der Waals surface area contributed by atoms with Gasteiger partial charge >= 0.3 is 0 Å². The number of halogens is 2. The van der Waals surface area contributed by atoms with Crippen molar-refractivity contribution < 1.29 is 9.53 Å². The summed E-state index contributed by atoms with van der Waals surface area (Å²) in [6.07, 6.45) is 5.44. The number of pyridine rings is 1. The van der Waals surface area contributed by atoms with Gasteiger partial charge in [-0.3, -0.25) is 4.79 Å². The zero-order valence-corrected chi connectivity index (χ0v) is 15.4. The van der Waals surface area contributed by atoms with Crippen molar-refractivity contribution in [2.24, 2.45) is 0 Å². The van der Waals surface area contributed by atoms with E-state index in [0.717, 1.165) is 30.2 Å². The molecule has 1 amide bonds. The molecule has 1 N–H and O–H groups in total. The monoisotopic (exact) mass is 408 g/mol. The summed E-state index contributed by atoms with van der Waals surface area (Å²) in [5, 5.41) is 3.53. The first-order chi connectivity index (χ1) is 11.6. The van der Waals surface area contributed by atoms with E-state index < -0.39 is 0 Å². The van der Waals surface area contributed by atoms with E-state index in [1.54, 1.807) is 18.3 Å². The van der Waals surface area contributed by atoms with Gasteiger partial charge in [0.15, 0.2) is 0 Å². The summed E-state index contributed by atoms with van der Waals surface area (Å²) in [5.41, 5.74) is 0.498. The molecule has 1 aliphatic carbocycles. The molecular formula is C18H18BrClN2O2. The van der Waals surface area contributed by atoms with Crippen LogP contribution in [0.2, 0.25) is 5.02 Å². The Balaban J connectivity index is 1.52. The van der Waals surface area contributed by atoms with Crippen molar-refractivity contribution in [3.63, 3.8) is 0 Å². The predicted octanol–water partition coefficient (Wildman–Crippen LogP) is 4.62. The summed E-state index contributed by atoms with van der Waals surface area (Å²) in [6, 6.07) is 11.1. The minimum absolute atomic E-state index is 0.129. The van der Waals surface area contributed by atoms with Gasteiger partial charge in [0.2, 0.25) is 5.88 Å². The van der Waals surface area contributed by atoms with Gasteiger partial charge in [-0.15, -0.1) is 0 Å². The molecule has 1 aliphatic rings. The van der Waals surface area contributed by atoms with Crippen molar-refractivity contribution in [1.82, 2.24) is 10.3 Å². The number of carbonyl (C=O) groups is 1. The molecule has 0 atom stereocenters. The van der Waals surface area contributed by atoms with Crippen LogP contribution in [-0.2, 0) is 0 Å². The van der Waals surface area contributed by atoms with Gasteiger partial charge < -0.3 is 10.1 Å². The SMILES string of the molecule is O=C(NC1CCC(Oc2ccccn2)CC1)c1cc(Br)ccc1Cl. The maximum Gasteiger partial charge on any atom is 0.253 e. The molecule has 1 heterocycles. The Morgan fingerprint density at radius 3 is 2.71 bits per heavy atom. The van der Waals surface area contributed by atoms with Gasteiger partial charge in [0.05, 0.1) is 10.6 Å². The molecule has 0 aliphatic heterocycles. The highest BCUT2D eigenvalue weighted by Gasteiger charge is 2.24. The summed E-state index contributed by atoms with van der Waals surface area (Å²) in [6.45, 7) is 0. The second-order valence-electron chi connectivity index (χ2n) is 5.86. The average molecular weight is 410 g/mol. The van der Waals surface area contributed by atoms with Gasteiger partial charge in [-0.05, 0) is 49.9 Å². The van der Waals surface area contributed by atoms with Crippen LogP contribution in [0.1, 0.15) is 36.0 Å². The van der Waals surface area contributed by atoms with E-state index >= 15 is 0 Å². The Morgan fingerprint density at radius 2 is 2.00 bits per heavy atom. The van der Waals surface area contributed by atoms with E-state index in [1.807, 2.05) is 24.3 Å². The number of benzene rings is 1. The number of rotatable bonds is 4. The molecule has 0 saturated heterocycles. The molecule has 0 bridgehead atoms. The first-order valence-corrected chi connectivity index (χ1v) is 9.12. The third-order valence-corrected chi connectivity index (χ3v) is 4.93. The molecular weight excluding hydrogens is 392 g/mol. The first kappa shape index (κ1) is 17.2. The van der Waals surface area contributed by atoms with Gasteiger partial charge in [0, 0.05) is 22.8 Å². The first-order valence-electron chi connectivity index (χ1n) is 7.95. The molecule has 6 heteroatoms. The van der Waals surface area contributed by atoms with Crippen LogP contribution in [-0.4, -0.2) is 23.0 Å². The van der Waals surface area contributed by atoms with Crippen LogP contribution in [0.25, 0.3) is 0 Å². The molecule has 2 aromatic rings. The number of nitrogens with one attached hydrogen (secondary N) is 1. The van der Waals surface area contributed by atoms with E-state index in [4.69, 9.17) is 16.3 Å². The van der Waals surface area contributed by atoms with Crippen molar-refractivity contribution >= 4 is 33.4 Å². The van der Waals surface area contributed by atoms with Crippen LogP contribution >= 0.6 is 27.5 Å². The van der Waals surface area contributed by atoms with E-state index in [-0.39, 0.29) is 18.1 Å². The Morgan fingerprint density at radius 1 is 1.21 bits per heavy atom. The molecule has 1 aromatic carbocycles. The summed E-state index contributed by atoms with van der Waals surface area (Å²) in [4.78, 5) is 16.6. The normalized spacial score (nSPS) is 20.4. The highest BCUT2D eigenvalue weighted by molar-refractivity contribution is 9.10. The summed E-state index contributed by atoms with van der Waals surface area (Å²) in [7, 11) is 0.